The Hall–Kier alpha value is -0.870. The molecule has 1 aromatic heterocycles. The van der Waals surface area contributed by atoms with E-state index in [1.807, 2.05) is 27.7 Å². The first-order chi connectivity index (χ1) is 7.15. The number of hydrogen-bond donors (Lipinski definition) is 1. The molecule has 0 radical (unpaired) electrons. The fourth-order valence-electron chi connectivity index (χ4n) is 0.644. The smallest absolute Gasteiger partial charge is 0.153 e. The van der Waals surface area contributed by atoms with Gasteiger partial charge in [0.05, 0.1) is 5.00 Å². The van der Waals surface area contributed by atoms with Crippen molar-refractivity contribution in [1.29, 1.82) is 0 Å². The summed E-state index contributed by atoms with van der Waals surface area (Å²) in [5.41, 5.74) is 6.05. The van der Waals surface area contributed by atoms with Crippen LogP contribution in [0.15, 0.2) is 6.07 Å². The van der Waals surface area contributed by atoms with Gasteiger partial charge in [-0.25, -0.2) is 0 Å². The maximum Gasteiger partial charge on any atom is 0.153 e. The number of methoxy groups -OCH3 is 1. The van der Waals surface area contributed by atoms with Gasteiger partial charge in [0, 0.05) is 24.2 Å². The van der Waals surface area contributed by atoms with Crippen molar-refractivity contribution >= 4 is 22.6 Å². The molecule has 4 heteroatoms. The summed E-state index contributed by atoms with van der Waals surface area (Å²) in [6.45, 7) is 8.70. The van der Waals surface area contributed by atoms with Crippen molar-refractivity contribution in [3.63, 3.8) is 0 Å². The lowest BCUT2D eigenvalue weighted by Gasteiger charge is -1.80. The van der Waals surface area contributed by atoms with Gasteiger partial charge in [0.25, 0.3) is 0 Å². The van der Waals surface area contributed by atoms with Crippen LogP contribution in [0.4, 0.5) is 5.00 Å². The van der Waals surface area contributed by atoms with Gasteiger partial charge in [-0.3, -0.25) is 4.79 Å². The lowest BCUT2D eigenvalue weighted by molar-refractivity contribution is 0.112. The van der Waals surface area contributed by atoms with Gasteiger partial charge in [0.15, 0.2) is 6.29 Å². The third-order valence-corrected chi connectivity index (χ3v) is 2.23. The number of hydrogen-bond acceptors (Lipinski definition) is 4. The summed E-state index contributed by atoms with van der Waals surface area (Å²) in [5, 5.41) is 0.613. The molecule has 1 aromatic rings. The maximum atomic E-state index is 10.2. The van der Waals surface area contributed by atoms with Crippen LogP contribution in [-0.4, -0.2) is 20.0 Å². The predicted octanol–water partition coefficient (Wildman–Crippen LogP) is 3.13. The van der Waals surface area contributed by atoms with E-state index in [2.05, 4.69) is 4.74 Å². The molecule has 1 heterocycles. The van der Waals surface area contributed by atoms with E-state index in [0.29, 0.717) is 10.6 Å². The van der Waals surface area contributed by atoms with Crippen molar-refractivity contribution < 1.29 is 9.53 Å². The van der Waals surface area contributed by atoms with Gasteiger partial charge in [-0.05, 0) is 19.9 Å². The van der Waals surface area contributed by atoms with E-state index < -0.39 is 0 Å². The molecule has 2 N–H and O–H groups in total. The largest absolute Gasteiger partial charge is 0.390 e. The van der Waals surface area contributed by atoms with Gasteiger partial charge < -0.3 is 10.5 Å². The average Bonchev–Trinajstić information content (AvgIpc) is 2.60. The topological polar surface area (TPSA) is 52.3 Å². The molecule has 0 aliphatic heterocycles. The van der Waals surface area contributed by atoms with Crippen LogP contribution in [0, 0.1) is 6.92 Å². The highest BCUT2D eigenvalue weighted by atomic mass is 32.1. The molecular formula is C11H21NO2S. The molecule has 0 saturated heterocycles. The number of aldehydes is 1. The third kappa shape index (κ3) is 8.15. The second-order valence-electron chi connectivity index (χ2n) is 2.37. The highest BCUT2D eigenvalue weighted by Gasteiger charge is 1.99. The minimum atomic E-state index is 0.609. The summed E-state index contributed by atoms with van der Waals surface area (Å²) >= 11 is 1.44. The lowest BCUT2D eigenvalue weighted by Crippen LogP contribution is -1.83. The number of nitrogen functional groups attached to an aromatic ring is 1. The monoisotopic (exact) mass is 231 g/mol. The zero-order chi connectivity index (χ0) is 12.3. The summed E-state index contributed by atoms with van der Waals surface area (Å²) < 4.78 is 4.54. The molecule has 0 atom stereocenters. The molecule has 3 nitrogen and oxygen atoms in total. The molecule has 15 heavy (non-hydrogen) atoms. The van der Waals surface area contributed by atoms with Crippen LogP contribution in [0.5, 0.6) is 0 Å². The van der Waals surface area contributed by atoms with E-state index in [1.54, 1.807) is 13.2 Å². The van der Waals surface area contributed by atoms with Crippen molar-refractivity contribution in [3.05, 3.63) is 16.5 Å². The highest BCUT2D eigenvalue weighted by molar-refractivity contribution is 7.16. The number of rotatable bonds is 2. The second kappa shape index (κ2) is 11.2. The lowest BCUT2D eigenvalue weighted by atomic mass is 10.3. The summed E-state index contributed by atoms with van der Waals surface area (Å²) in [7, 11) is 1.68. The molecule has 0 saturated carbocycles. The van der Waals surface area contributed by atoms with Crippen molar-refractivity contribution in [1.82, 2.24) is 0 Å². The molecule has 0 spiro atoms. The summed E-state index contributed by atoms with van der Waals surface area (Å²) in [4.78, 5) is 11.2. The second-order valence-corrected chi connectivity index (χ2v) is 3.66. The third-order valence-electron chi connectivity index (χ3n) is 1.33. The average molecular weight is 231 g/mol. The Labute approximate surface area is 96.3 Å². The van der Waals surface area contributed by atoms with E-state index in [-0.39, 0.29) is 0 Å². The van der Waals surface area contributed by atoms with Crippen LogP contribution >= 0.6 is 11.3 Å². The van der Waals surface area contributed by atoms with Gasteiger partial charge in [-0.2, -0.15) is 0 Å². The molecule has 0 unspecified atom stereocenters. The van der Waals surface area contributed by atoms with Crippen molar-refractivity contribution in [2.75, 3.05) is 19.5 Å². The maximum absolute atomic E-state index is 10.2. The fourth-order valence-corrected chi connectivity index (χ4v) is 1.40. The van der Waals surface area contributed by atoms with Gasteiger partial charge >= 0.3 is 0 Å². The number of nitrogens with two attached hydrogens (primary N) is 1. The van der Waals surface area contributed by atoms with Gasteiger partial charge in [0.2, 0.25) is 0 Å². The Bertz CT molecular complexity index is 257. The van der Waals surface area contributed by atoms with Crippen LogP contribution in [0.25, 0.3) is 0 Å². The Balaban J connectivity index is 0. The van der Waals surface area contributed by atoms with Crippen LogP contribution in [-0.2, 0) is 4.74 Å². The minimum absolute atomic E-state index is 0.609. The molecule has 0 aromatic carbocycles. The number of anilines is 1. The summed E-state index contributed by atoms with van der Waals surface area (Å²) in [6.07, 6.45) is 0.777. The molecule has 1 rings (SSSR count). The zero-order valence-corrected chi connectivity index (χ0v) is 11.0. The molecule has 0 fully saturated rings. The zero-order valence-electron chi connectivity index (χ0n) is 10.2. The van der Waals surface area contributed by atoms with Crippen molar-refractivity contribution in [2.24, 2.45) is 0 Å². The first-order valence-electron chi connectivity index (χ1n) is 4.95. The SMILES string of the molecule is CC.CCOC.Cc1cc(C=O)c(N)s1. The molecule has 88 valence electrons. The number of aryl methyl sites for hydroxylation is 1. The van der Waals surface area contributed by atoms with Crippen molar-refractivity contribution in [3.8, 4) is 0 Å². The Kier molecular flexibility index (Phi) is 12.4. The Morgan fingerprint density at radius 1 is 1.53 bits per heavy atom. The molecule has 0 aliphatic carbocycles. The normalized spacial score (nSPS) is 8.07. The standard InChI is InChI=1S/C6H7NOS.C3H8O.C2H6/c1-4-2-5(3-8)6(7)9-4;1-3-4-2;1-2/h2-3H,7H2,1H3;3H2,1-2H3;1-2H3. The first-order valence-corrected chi connectivity index (χ1v) is 5.77. The first kappa shape index (κ1) is 16.6. The van der Waals surface area contributed by atoms with Crippen LogP contribution < -0.4 is 5.73 Å². The van der Waals surface area contributed by atoms with E-state index in [1.165, 1.54) is 11.3 Å². The Morgan fingerprint density at radius 3 is 2.13 bits per heavy atom. The van der Waals surface area contributed by atoms with Gasteiger partial charge in [-0.15, -0.1) is 11.3 Å². The Morgan fingerprint density at radius 2 is 2.00 bits per heavy atom. The van der Waals surface area contributed by atoms with Crippen LogP contribution in [0.2, 0.25) is 0 Å². The van der Waals surface area contributed by atoms with E-state index in [4.69, 9.17) is 5.73 Å². The quantitative estimate of drug-likeness (QED) is 0.796. The number of thiophene rings is 1. The number of ether oxygens (including phenoxy) is 1. The summed E-state index contributed by atoms with van der Waals surface area (Å²) in [5.74, 6) is 0. The molecule has 0 bridgehead atoms. The van der Waals surface area contributed by atoms with Crippen molar-refractivity contribution in [2.45, 2.75) is 27.7 Å². The highest BCUT2D eigenvalue weighted by Crippen LogP contribution is 2.21. The van der Waals surface area contributed by atoms with Gasteiger partial charge in [0.1, 0.15) is 0 Å². The van der Waals surface area contributed by atoms with E-state index in [9.17, 15) is 4.79 Å². The van der Waals surface area contributed by atoms with Crippen LogP contribution in [0.3, 0.4) is 0 Å². The molecule has 0 amide bonds. The van der Waals surface area contributed by atoms with E-state index >= 15 is 0 Å². The molecule has 0 aliphatic rings. The van der Waals surface area contributed by atoms with E-state index in [0.717, 1.165) is 17.8 Å². The number of carbonyl (C=O) groups is 1. The van der Waals surface area contributed by atoms with Gasteiger partial charge in [-0.1, -0.05) is 13.8 Å². The minimum Gasteiger partial charge on any atom is -0.390 e. The summed E-state index contributed by atoms with van der Waals surface area (Å²) in [6, 6.07) is 1.78. The number of carbonyl (C=O) groups excluding carboxylic acids is 1. The van der Waals surface area contributed by atoms with Crippen LogP contribution in [0.1, 0.15) is 36.0 Å². The fraction of sp³-hybridized carbons (Fsp3) is 0.545. The predicted molar refractivity (Wildman–Crippen MR) is 67.8 cm³/mol. The molecular weight excluding hydrogens is 210 g/mol.